The van der Waals surface area contributed by atoms with Crippen LogP contribution >= 0.6 is 11.3 Å². The van der Waals surface area contributed by atoms with Crippen LogP contribution in [0, 0.1) is 0 Å². The average molecular weight is 374 g/mol. The Morgan fingerprint density at radius 1 is 1.15 bits per heavy atom. The Kier molecular flexibility index (Phi) is 5.17. The van der Waals surface area contributed by atoms with Crippen LogP contribution in [-0.4, -0.2) is 36.1 Å². The predicted molar refractivity (Wildman–Crippen MR) is 101 cm³/mol. The molecule has 2 aromatic rings. The Morgan fingerprint density at radius 2 is 1.96 bits per heavy atom. The van der Waals surface area contributed by atoms with Crippen LogP contribution < -0.4 is 15.5 Å². The molecule has 26 heavy (non-hydrogen) atoms. The Bertz CT molecular complexity index is 767. The van der Waals surface area contributed by atoms with Crippen LogP contribution in [0.2, 0.25) is 0 Å². The van der Waals surface area contributed by atoms with Crippen molar-refractivity contribution in [2.45, 2.75) is 50.6 Å². The first-order valence-corrected chi connectivity index (χ1v) is 10.3. The highest BCUT2D eigenvalue weighted by molar-refractivity contribution is 7.18. The lowest BCUT2D eigenvalue weighted by Crippen LogP contribution is -3.11. The number of benzene rings is 1. The zero-order valence-corrected chi connectivity index (χ0v) is 15.6. The van der Waals surface area contributed by atoms with Gasteiger partial charge in [-0.1, -0.05) is 25.0 Å². The van der Waals surface area contributed by atoms with E-state index < -0.39 is 0 Å². The third kappa shape index (κ3) is 3.88. The van der Waals surface area contributed by atoms with Crippen molar-refractivity contribution in [1.82, 2.24) is 15.6 Å². The average Bonchev–Trinajstić information content (AvgIpc) is 3.33. The van der Waals surface area contributed by atoms with Crippen molar-refractivity contribution in [1.29, 1.82) is 0 Å². The molecule has 1 aliphatic carbocycles. The number of urea groups is 1. The molecule has 1 aromatic carbocycles. The number of hydrogen-bond acceptors (Lipinski definition) is 4. The Labute approximate surface area is 157 Å². The normalized spacial score (nSPS) is 23.4. The molecule has 1 saturated carbocycles. The summed E-state index contributed by atoms with van der Waals surface area (Å²) < 4.78 is 1.19. The van der Waals surface area contributed by atoms with E-state index in [1.54, 1.807) is 11.3 Å². The zero-order valence-electron chi connectivity index (χ0n) is 14.8. The molecule has 2 fully saturated rings. The van der Waals surface area contributed by atoms with Gasteiger partial charge in [0.15, 0.2) is 11.6 Å². The number of hydrogen-bond donors (Lipinski definition) is 3. The van der Waals surface area contributed by atoms with Crippen molar-refractivity contribution in [2.75, 3.05) is 13.1 Å². The van der Waals surface area contributed by atoms with Gasteiger partial charge in [-0.05, 0) is 25.0 Å². The molecule has 1 aromatic heterocycles. The predicted octanol–water partition coefficient (Wildman–Crippen LogP) is 1.78. The fraction of sp³-hybridized carbons (Fsp3) is 0.526. The maximum Gasteiger partial charge on any atom is 0.321 e. The van der Waals surface area contributed by atoms with Crippen molar-refractivity contribution < 1.29 is 14.5 Å². The SMILES string of the molecule is O=C(C[NH+]1CCC[C@@H]1c1nc2ccccc2s1)NC(=O)NC1CCCC1. The molecule has 1 unspecified atom stereocenters. The number of fused-ring (bicyclic) bond motifs is 1. The summed E-state index contributed by atoms with van der Waals surface area (Å²) in [7, 11) is 0. The number of rotatable bonds is 4. The molecular formula is C19H25N4O2S+. The van der Waals surface area contributed by atoms with Crippen LogP contribution in [0.1, 0.15) is 49.6 Å². The number of nitrogens with zero attached hydrogens (tertiary/aromatic N) is 1. The molecule has 2 atom stereocenters. The van der Waals surface area contributed by atoms with E-state index in [0.29, 0.717) is 6.54 Å². The molecule has 0 bridgehead atoms. The van der Waals surface area contributed by atoms with E-state index in [4.69, 9.17) is 4.98 Å². The molecule has 2 heterocycles. The smallest absolute Gasteiger partial charge is 0.321 e. The molecule has 1 saturated heterocycles. The minimum atomic E-state index is -0.350. The Balaban J connectivity index is 1.35. The number of imide groups is 1. The molecule has 3 N–H and O–H groups in total. The van der Waals surface area contributed by atoms with E-state index in [9.17, 15) is 9.59 Å². The third-order valence-corrected chi connectivity index (χ3v) is 6.57. The van der Waals surface area contributed by atoms with Crippen molar-refractivity contribution in [2.24, 2.45) is 0 Å². The number of aromatic nitrogens is 1. The van der Waals surface area contributed by atoms with Gasteiger partial charge < -0.3 is 10.2 Å². The van der Waals surface area contributed by atoms with Crippen molar-refractivity contribution >= 4 is 33.5 Å². The molecular weight excluding hydrogens is 348 g/mol. The van der Waals surface area contributed by atoms with Gasteiger partial charge in [0.05, 0.1) is 16.8 Å². The first kappa shape index (κ1) is 17.4. The van der Waals surface area contributed by atoms with E-state index in [0.717, 1.165) is 55.6 Å². The second-order valence-electron chi connectivity index (χ2n) is 7.30. The first-order valence-electron chi connectivity index (χ1n) is 9.49. The number of amides is 3. The Morgan fingerprint density at radius 3 is 2.77 bits per heavy atom. The summed E-state index contributed by atoms with van der Waals surface area (Å²) in [5.41, 5.74) is 1.03. The fourth-order valence-corrected chi connectivity index (χ4v) is 5.29. The summed E-state index contributed by atoms with van der Waals surface area (Å²) >= 11 is 1.72. The van der Waals surface area contributed by atoms with Crippen LogP contribution in [0.15, 0.2) is 24.3 Å². The monoisotopic (exact) mass is 373 g/mol. The number of quaternary nitrogens is 1. The number of carbonyl (C=O) groups excluding carboxylic acids is 2. The molecule has 7 heteroatoms. The number of likely N-dealkylation sites (tertiary alicyclic amines) is 1. The zero-order chi connectivity index (χ0) is 17.9. The highest BCUT2D eigenvalue weighted by atomic mass is 32.1. The number of nitrogens with one attached hydrogen (secondary N) is 3. The molecule has 6 nitrogen and oxygen atoms in total. The summed E-state index contributed by atoms with van der Waals surface area (Å²) in [5.74, 6) is -0.205. The van der Waals surface area contributed by atoms with Gasteiger partial charge in [-0.3, -0.25) is 10.1 Å². The van der Waals surface area contributed by atoms with Gasteiger partial charge in [-0.2, -0.15) is 0 Å². The maximum atomic E-state index is 12.3. The van der Waals surface area contributed by atoms with Gasteiger partial charge in [0.25, 0.3) is 5.91 Å². The lowest BCUT2D eigenvalue weighted by Gasteiger charge is -2.19. The van der Waals surface area contributed by atoms with Crippen LogP contribution in [-0.2, 0) is 4.79 Å². The van der Waals surface area contributed by atoms with Gasteiger partial charge in [0.1, 0.15) is 6.04 Å². The minimum Gasteiger partial charge on any atom is -0.335 e. The summed E-state index contributed by atoms with van der Waals surface area (Å²) in [6.07, 6.45) is 6.45. The first-order chi connectivity index (χ1) is 12.7. The van der Waals surface area contributed by atoms with Gasteiger partial charge in [0, 0.05) is 18.9 Å². The van der Waals surface area contributed by atoms with Crippen LogP contribution in [0.25, 0.3) is 10.2 Å². The van der Waals surface area contributed by atoms with Crippen LogP contribution in [0.5, 0.6) is 0 Å². The van der Waals surface area contributed by atoms with E-state index in [-0.39, 0.29) is 24.0 Å². The Hall–Kier alpha value is -1.99. The molecule has 0 radical (unpaired) electrons. The largest absolute Gasteiger partial charge is 0.335 e. The fourth-order valence-electron chi connectivity index (χ4n) is 4.13. The maximum absolute atomic E-state index is 12.3. The highest BCUT2D eigenvalue weighted by Crippen LogP contribution is 2.28. The van der Waals surface area contributed by atoms with Gasteiger partial charge in [-0.15, -0.1) is 11.3 Å². The summed E-state index contributed by atoms with van der Waals surface area (Å²) in [6, 6.07) is 8.27. The molecule has 3 amide bonds. The molecule has 138 valence electrons. The van der Waals surface area contributed by atoms with E-state index in [2.05, 4.69) is 16.7 Å². The number of thiazole rings is 1. The molecule has 1 aliphatic heterocycles. The second kappa shape index (κ2) is 7.72. The van der Waals surface area contributed by atoms with Gasteiger partial charge >= 0.3 is 6.03 Å². The third-order valence-electron chi connectivity index (χ3n) is 5.42. The van der Waals surface area contributed by atoms with Crippen LogP contribution in [0.4, 0.5) is 4.79 Å². The summed E-state index contributed by atoms with van der Waals surface area (Å²) in [6.45, 7) is 1.26. The standard InChI is InChI=1S/C19H24N4O2S/c24-17(22-19(25)20-13-6-1-2-7-13)12-23-11-5-9-15(23)18-21-14-8-3-4-10-16(14)26-18/h3-4,8,10,13,15H,1-2,5-7,9,11-12H2,(H2,20,22,24,25)/p+1/t15-/m1/s1. The molecule has 4 rings (SSSR count). The highest BCUT2D eigenvalue weighted by Gasteiger charge is 2.34. The number of carbonyl (C=O) groups is 2. The lowest BCUT2D eigenvalue weighted by atomic mass is 10.2. The van der Waals surface area contributed by atoms with Crippen molar-refractivity contribution in [3.05, 3.63) is 29.3 Å². The summed E-state index contributed by atoms with van der Waals surface area (Å²) in [5, 5.41) is 6.51. The van der Waals surface area contributed by atoms with E-state index in [1.807, 2.05) is 18.2 Å². The van der Waals surface area contributed by atoms with E-state index in [1.165, 1.54) is 9.60 Å². The van der Waals surface area contributed by atoms with Crippen molar-refractivity contribution in [3.8, 4) is 0 Å². The van der Waals surface area contributed by atoms with Crippen molar-refractivity contribution in [3.63, 3.8) is 0 Å². The quantitative estimate of drug-likeness (QED) is 0.765. The second-order valence-corrected chi connectivity index (χ2v) is 8.36. The van der Waals surface area contributed by atoms with Gasteiger partial charge in [-0.25, -0.2) is 9.78 Å². The topological polar surface area (TPSA) is 75.5 Å². The lowest BCUT2D eigenvalue weighted by molar-refractivity contribution is -0.910. The van der Waals surface area contributed by atoms with Crippen LogP contribution in [0.3, 0.4) is 0 Å². The minimum absolute atomic E-state index is 0.205. The van der Waals surface area contributed by atoms with E-state index >= 15 is 0 Å². The summed E-state index contributed by atoms with van der Waals surface area (Å²) in [4.78, 5) is 30.3. The van der Waals surface area contributed by atoms with Gasteiger partial charge in [0.2, 0.25) is 0 Å². The molecule has 2 aliphatic rings. The number of para-hydroxylation sites is 1. The molecule has 0 spiro atoms.